The Morgan fingerprint density at radius 2 is 1.85 bits per heavy atom. The number of hydrogen-bond donors (Lipinski definition) is 1. The van der Waals surface area contributed by atoms with Gasteiger partial charge in [0.2, 0.25) is 0 Å². The summed E-state index contributed by atoms with van der Waals surface area (Å²) in [7, 11) is -3.05. The highest BCUT2D eigenvalue weighted by Gasteiger charge is 2.30. The molecule has 7 nitrogen and oxygen atoms in total. The summed E-state index contributed by atoms with van der Waals surface area (Å²) in [6, 6.07) is 10.9. The zero-order chi connectivity index (χ0) is 18.9. The summed E-state index contributed by atoms with van der Waals surface area (Å²) < 4.78 is 23.3. The molecule has 27 heavy (non-hydrogen) atoms. The molecule has 1 amide bonds. The molecule has 2 aliphatic heterocycles. The number of amides is 1. The quantitative estimate of drug-likeness (QED) is 0.859. The Bertz CT molecular complexity index is 941. The maximum Gasteiger partial charge on any atom is 0.270 e. The first-order chi connectivity index (χ1) is 13.0. The first kappa shape index (κ1) is 17.9. The minimum atomic E-state index is -3.05. The van der Waals surface area contributed by atoms with Crippen LogP contribution in [0.5, 0.6) is 0 Å². The van der Waals surface area contributed by atoms with Crippen LogP contribution in [0.3, 0.4) is 0 Å². The van der Waals surface area contributed by atoms with Gasteiger partial charge in [-0.3, -0.25) is 4.79 Å². The fraction of sp³-hybridized carbons (Fsp3) is 0.421. The standard InChI is InChI=1S/C19H22N4O3S/c24-19(20-15-8-11-27(25,26)13-15)16-12-17(23-9-4-5-10-23)22-18(21-16)14-6-2-1-3-7-14/h1-3,6-7,12,15H,4-5,8-11,13H2,(H,20,24). The van der Waals surface area contributed by atoms with Gasteiger partial charge in [0.15, 0.2) is 15.7 Å². The number of carbonyl (C=O) groups is 1. The van der Waals surface area contributed by atoms with Gasteiger partial charge >= 0.3 is 0 Å². The van der Waals surface area contributed by atoms with E-state index in [9.17, 15) is 13.2 Å². The zero-order valence-corrected chi connectivity index (χ0v) is 15.8. The van der Waals surface area contributed by atoms with Gasteiger partial charge in [-0.2, -0.15) is 0 Å². The molecule has 2 saturated heterocycles. The van der Waals surface area contributed by atoms with Crippen molar-refractivity contribution in [2.75, 3.05) is 29.5 Å². The van der Waals surface area contributed by atoms with Crippen molar-refractivity contribution in [3.05, 3.63) is 42.1 Å². The topological polar surface area (TPSA) is 92.3 Å². The van der Waals surface area contributed by atoms with Crippen LogP contribution in [-0.2, 0) is 9.84 Å². The summed E-state index contributed by atoms with van der Waals surface area (Å²) in [5.41, 5.74) is 1.12. The Morgan fingerprint density at radius 3 is 2.52 bits per heavy atom. The maximum absolute atomic E-state index is 12.7. The van der Waals surface area contributed by atoms with Crippen molar-refractivity contribution < 1.29 is 13.2 Å². The number of nitrogens with one attached hydrogen (secondary N) is 1. The van der Waals surface area contributed by atoms with E-state index in [1.807, 2.05) is 30.3 Å². The second kappa shape index (κ2) is 7.26. The number of aromatic nitrogens is 2. The van der Waals surface area contributed by atoms with E-state index in [-0.39, 0.29) is 29.1 Å². The van der Waals surface area contributed by atoms with Crippen LogP contribution in [0.1, 0.15) is 29.8 Å². The van der Waals surface area contributed by atoms with E-state index in [1.54, 1.807) is 6.07 Å². The summed E-state index contributed by atoms with van der Waals surface area (Å²) in [4.78, 5) is 24.0. The second-order valence-corrected chi connectivity index (χ2v) is 9.30. The predicted octanol–water partition coefficient (Wildman–Crippen LogP) is 1.66. The molecule has 0 spiro atoms. The number of nitrogens with zero attached hydrogens (tertiary/aromatic N) is 3. The number of rotatable bonds is 4. The molecule has 142 valence electrons. The van der Waals surface area contributed by atoms with Gasteiger partial charge in [-0.05, 0) is 19.3 Å². The van der Waals surface area contributed by atoms with Crippen LogP contribution in [0.25, 0.3) is 11.4 Å². The van der Waals surface area contributed by atoms with Crippen molar-refractivity contribution in [2.24, 2.45) is 0 Å². The van der Waals surface area contributed by atoms with Gasteiger partial charge in [-0.1, -0.05) is 30.3 Å². The Morgan fingerprint density at radius 1 is 1.11 bits per heavy atom. The number of anilines is 1. The highest BCUT2D eigenvalue weighted by molar-refractivity contribution is 7.91. The third kappa shape index (κ3) is 4.10. The van der Waals surface area contributed by atoms with Gasteiger partial charge < -0.3 is 10.2 Å². The van der Waals surface area contributed by atoms with Crippen molar-refractivity contribution in [3.63, 3.8) is 0 Å². The van der Waals surface area contributed by atoms with E-state index >= 15 is 0 Å². The van der Waals surface area contributed by atoms with E-state index in [0.717, 1.165) is 37.3 Å². The van der Waals surface area contributed by atoms with E-state index in [0.29, 0.717) is 12.2 Å². The molecule has 1 aromatic carbocycles. The SMILES string of the molecule is O=C(NC1CCS(=O)(=O)C1)c1cc(N2CCCC2)nc(-c2ccccc2)n1. The van der Waals surface area contributed by atoms with Crippen LogP contribution < -0.4 is 10.2 Å². The van der Waals surface area contributed by atoms with Gasteiger partial charge in [0.25, 0.3) is 5.91 Å². The third-order valence-corrected chi connectivity index (χ3v) is 6.74. The lowest BCUT2D eigenvalue weighted by Gasteiger charge is -2.18. The lowest BCUT2D eigenvalue weighted by atomic mass is 10.2. The second-order valence-electron chi connectivity index (χ2n) is 7.07. The molecule has 0 aliphatic carbocycles. The summed E-state index contributed by atoms with van der Waals surface area (Å²) in [6.45, 7) is 1.82. The van der Waals surface area contributed by atoms with Crippen molar-refractivity contribution in [2.45, 2.75) is 25.3 Å². The van der Waals surface area contributed by atoms with E-state index < -0.39 is 9.84 Å². The Balaban J connectivity index is 1.64. The van der Waals surface area contributed by atoms with Crippen molar-refractivity contribution in [3.8, 4) is 11.4 Å². The van der Waals surface area contributed by atoms with E-state index in [1.165, 1.54) is 0 Å². The lowest BCUT2D eigenvalue weighted by Crippen LogP contribution is -2.36. The van der Waals surface area contributed by atoms with Crippen LogP contribution in [0.2, 0.25) is 0 Å². The maximum atomic E-state index is 12.7. The number of hydrogen-bond acceptors (Lipinski definition) is 6. The molecule has 4 rings (SSSR count). The lowest BCUT2D eigenvalue weighted by molar-refractivity contribution is 0.0936. The molecule has 3 heterocycles. The highest BCUT2D eigenvalue weighted by atomic mass is 32.2. The summed E-state index contributed by atoms with van der Waals surface area (Å²) in [6.07, 6.45) is 2.65. The average Bonchev–Trinajstić information content (AvgIpc) is 3.32. The molecule has 8 heteroatoms. The van der Waals surface area contributed by atoms with Crippen molar-refractivity contribution in [1.29, 1.82) is 0 Å². The number of carbonyl (C=O) groups excluding carboxylic acids is 1. The Kier molecular flexibility index (Phi) is 4.82. The summed E-state index contributed by atoms with van der Waals surface area (Å²) >= 11 is 0. The van der Waals surface area contributed by atoms with Crippen molar-refractivity contribution >= 4 is 21.6 Å². The first-order valence-corrected chi connectivity index (χ1v) is 11.0. The molecule has 1 N–H and O–H groups in total. The molecule has 2 aliphatic rings. The average molecular weight is 386 g/mol. The van der Waals surface area contributed by atoms with Crippen molar-refractivity contribution in [1.82, 2.24) is 15.3 Å². The molecule has 2 fully saturated rings. The fourth-order valence-corrected chi connectivity index (χ4v) is 5.22. The molecule has 1 unspecified atom stereocenters. The number of sulfone groups is 1. The Hall–Kier alpha value is -2.48. The Labute approximate surface area is 158 Å². The fourth-order valence-electron chi connectivity index (χ4n) is 3.54. The van der Waals surface area contributed by atoms with Crippen LogP contribution >= 0.6 is 0 Å². The van der Waals surface area contributed by atoms with Crippen LogP contribution in [0.15, 0.2) is 36.4 Å². The monoisotopic (exact) mass is 386 g/mol. The normalized spacial score (nSPS) is 21.3. The van der Waals surface area contributed by atoms with Crippen LogP contribution in [-0.4, -0.2) is 54.9 Å². The molecule has 1 aromatic heterocycles. The molecule has 0 radical (unpaired) electrons. The molecule has 1 atom stereocenters. The summed E-state index contributed by atoms with van der Waals surface area (Å²) in [5, 5.41) is 2.82. The van der Waals surface area contributed by atoms with E-state index in [2.05, 4.69) is 20.2 Å². The van der Waals surface area contributed by atoms with Gasteiger partial charge in [0.05, 0.1) is 11.5 Å². The largest absolute Gasteiger partial charge is 0.356 e. The molecule has 0 bridgehead atoms. The zero-order valence-electron chi connectivity index (χ0n) is 15.0. The third-order valence-electron chi connectivity index (χ3n) is 4.97. The first-order valence-electron chi connectivity index (χ1n) is 9.21. The van der Waals surface area contributed by atoms with E-state index in [4.69, 9.17) is 0 Å². The smallest absolute Gasteiger partial charge is 0.270 e. The van der Waals surface area contributed by atoms with Crippen LogP contribution in [0.4, 0.5) is 5.82 Å². The highest BCUT2D eigenvalue weighted by Crippen LogP contribution is 2.23. The molecular formula is C19H22N4O3S. The molecule has 2 aromatic rings. The van der Waals surface area contributed by atoms with Gasteiger partial charge in [-0.15, -0.1) is 0 Å². The van der Waals surface area contributed by atoms with Gasteiger partial charge in [0, 0.05) is 30.8 Å². The predicted molar refractivity (Wildman–Crippen MR) is 103 cm³/mol. The molecule has 0 saturated carbocycles. The number of benzene rings is 1. The minimum absolute atomic E-state index is 0.00561. The van der Waals surface area contributed by atoms with Crippen LogP contribution in [0, 0.1) is 0 Å². The van der Waals surface area contributed by atoms with Gasteiger partial charge in [-0.25, -0.2) is 18.4 Å². The minimum Gasteiger partial charge on any atom is -0.356 e. The molecular weight excluding hydrogens is 364 g/mol. The summed E-state index contributed by atoms with van der Waals surface area (Å²) in [5.74, 6) is 1.01. The van der Waals surface area contributed by atoms with Gasteiger partial charge in [0.1, 0.15) is 11.5 Å².